The van der Waals surface area contributed by atoms with Gasteiger partial charge in [-0.15, -0.1) is 13.2 Å². The summed E-state index contributed by atoms with van der Waals surface area (Å²) in [6, 6.07) is 6.14. The number of benzene rings is 1. The van der Waals surface area contributed by atoms with Gasteiger partial charge in [-0.25, -0.2) is 0 Å². The second-order valence-electron chi connectivity index (χ2n) is 10.4. The van der Waals surface area contributed by atoms with Gasteiger partial charge in [-0.1, -0.05) is 12.2 Å². The SMILES string of the molecule is C=CCCCOC(=O)[C@H]1[C@H]2C(=O)N(CCCO)C(C(=O)N(CC=C)c3ccc(OC)cc3)C23CC[C@]1(C)O3. The van der Waals surface area contributed by atoms with Crippen molar-refractivity contribution in [2.24, 2.45) is 11.8 Å². The molecular weight excluding hydrogens is 488 g/mol. The first-order valence-corrected chi connectivity index (χ1v) is 13.2. The molecular formula is C29H38N2O7. The fraction of sp³-hybridized carbons (Fsp3) is 0.552. The number of rotatable bonds is 13. The number of methoxy groups -OCH3 is 1. The van der Waals surface area contributed by atoms with E-state index >= 15 is 0 Å². The molecule has 5 atom stereocenters. The van der Waals surface area contributed by atoms with E-state index in [1.807, 2.05) is 6.92 Å². The fourth-order valence-corrected chi connectivity index (χ4v) is 6.40. The molecule has 2 amide bonds. The number of fused-ring (bicyclic) bond motifs is 1. The number of anilines is 1. The lowest BCUT2D eigenvalue weighted by Gasteiger charge is -2.36. The highest BCUT2D eigenvalue weighted by Gasteiger charge is 2.78. The molecule has 3 aliphatic heterocycles. The van der Waals surface area contributed by atoms with Crippen LogP contribution in [0.15, 0.2) is 49.6 Å². The van der Waals surface area contributed by atoms with Crippen LogP contribution in [-0.4, -0.2) is 78.4 Å². The number of carbonyl (C=O) groups is 3. The lowest BCUT2D eigenvalue weighted by Crippen LogP contribution is -2.56. The third-order valence-corrected chi connectivity index (χ3v) is 8.08. The number of aliphatic hydroxyl groups is 1. The van der Waals surface area contributed by atoms with Crippen molar-refractivity contribution in [3.8, 4) is 5.75 Å². The quantitative estimate of drug-likeness (QED) is 0.239. The predicted molar refractivity (Wildman–Crippen MR) is 142 cm³/mol. The van der Waals surface area contributed by atoms with Crippen LogP contribution in [0, 0.1) is 11.8 Å². The van der Waals surface area contributed by atoms with Gasteiger partial charge < -0.3 is 29.1 Å². The molecule has 1 aromatic rings. The molecule has 3 aliphatic rings. The van der Waals surface area contributed by atoms with Crippen molar-refractivity contribution in [3.05, 3.63) is 49.6 Å². The minimum atomic E-state index is -1.16. The third kappa shape index (κ3) is 4.62. The standard InChI is InChI=1S/C29H38N2O7/c1-5-7-8-19-37-27(35)23-22-25(33)31(17-9-18-32)24(29(22)15-14-28(23,3)38-29)26(34)30(16-6-2)20-10-12-21(36-4)13-11-20/h5-6,10-13,22-24,32H,1-2,7-9,14-19H2,3-4H3/t22-,23+,24?,28-,29?/m0/s1. The van der Waals surface area contributed by atoms with E-state index in [0.717, 1.165) is 0 Å². The van der Waals surface area contributed by atoms with Crippen molar-refractivity contribution in [1.29, 1.82) is 0 Å². The lowest BCUT2D eigenvalue weighted by molar-refractivity contribution is -0.159. The van der Waals surface area contributed by atoms with Crippen LogP contribution in [0.5, 0.6) is 5.75 Å². The zero-order valence-corrected chi connectivity index (χ0v) is 22.3. The van der Waals surface area contributed by atoms with Gasteiger partial charge in [0.25, 0.3) is 5.91 Å². The van der Waals surface area contributed by atoms with Crippen LogP contribution in [-0.2, 0) is 23.9 Å². The maximum Gasteiger partial charge on any atom is 0.312 e. The van der Waals surface area contributed by atoms with Crippen LogP contribution in [0.2, 0.25) is 0 Å². The molecule has 0 saturated carbocycles. The highest BCUT2D eigenvalue weighted by Crippen LogP contribution is 2.63. The summed E-state index contributed by atoms with van der Waals surface area (Å²) < 4.78 is 17.5. The van der Waals surface area contributed by atoms with Crippen LogP contribution in [0.4, 0.5) is 5.69 Å². The molecule has 9 nitrogen and oxygen atoms in total. The molecule has 3 saturated heterocycles. The zero-order chi connectivity index (χ0) is 27.5. The van der Waals surface area contributed by atoms with Gasteiger partial charge in [0.05, 0.1) is 25.2 Å². The zero-order valence-electron chi connectivity index (χ0n) is 22.3. The largest absolute Gasteiger partial charge is 0.497 e. The topological polar surface area (TPSA) is 106 Å². The second kappa shape index (κ2) is 11.3. The van der Waals surface area contributed by atoms with Crippen molar-refractivity contribution in [2.75, 3.05) is 38.3 Å². The van der Waals surface area contributed by atoms with E-state index < -0.39 is 35.0 Å². The highest BCUT2D eigenvalue weighted by molar-refractivity contribution is 6.04. The number of hydrogen-bond acceptors (Lipinski definition) is 7. The fourth-order valence-electron chi connectivity index (χ4n) is 6.40. The maximum absolute atomic E-state index is 14.3. The van der Waals surface area contributed by atoms with Gasteiger partial charge in [-0.2, -0.15) is 0 Å². The van der Waals surface area contributed by atoms with Gasteiger partial charge in [0, 0.05) is 25.4 Å². The smallest absolute Gasteiger partial charge is 0.312 e. The van der Waals surface area contributed by atoms with Crippen LogP contribution in [0.1, 0.15) is 39.0 Å². The number of esters is 1. The molecule has 38 heavy (non-hydrogen) atoms. The Hall–Kier alpha value is -3.17. The van der Waals surface area contributed by atoms with E-state index in [0.29, 0.717) is 43.5 Å². The third-order valence-electron chi connectivity index (χ3n) is 8.08. The second-order valence-corrected chi connectivity index (χ2v) is 10.4. The Balaban J connectivity index is 1.71. The number of allylic oxidation sites excluding steroid dienone is 1. The van der Waals surface area contributed by atoms with E-state index in [-0.39, 0.29) is 38.1 Å². The normalized spacial score (nSPS) is 29.2. The van der Waals surface area contributed by atoms with Crippen LogP contribution in [0.25, 0.3) is 0 Å². The van der Waals surface area contributed by atoms with E-state index in [1.54, 1.807) is 48.4 Å². The molecule has 1 N–H and O–H groups in total. The van der Waals surface area contributed by atoms with Gasteiger partial charge in [0.1, 0.15) is 23.3 Å². The Labute approximate surface area is 224 Å². The average Bonchev–Trinajstić information content (AvgIpc) is 3.48. The number of amides is 2. The summed E-state index contributed by atoms with van der Waals surface area (Å²) in [7, 11) is 1.57. The van der Waals surface area contributed by atoms with E-state index in [1.165, 1.54) is 4.90 Å². The summed E-state index contributed by atoms with van der Waals surface area (Å²) in [4.78, 5) is 44.7. The number of aliphatic hydroxyl groups excluding tert-OH is 1. The molecule has 206 valence electrons. The summed E-state index contributed by atoms with van der Waals surface area (Å²) in [6.07, 6.45) is 6.05. The first kappa shape index (κ1) is 27.9. The molecule has 2 bridgehead atoms. The van der Waals surface area contributed by atoms with Crippen LogP contribution in [0.3, 0.4) is 0 Å². The Kier molecular flexibility index (Phi) is 8.28. The lowest BCUT2D eigenvalue weighted by atomic mass is 9.66. The number of ether oxygens (including phenoxy) is 3. The van der Waals surface area contributed by atoms with Crippen molar-refractivity contribution < 1.29 is 33.7 Å². The monoisotopic (exact) mass is 526 g/mol. The molecule has 1 aromatic carbocycles. The first-order chi connectivity index (χ1) is 18.3. The minimum absolute atomic E-state index is 0.134. The van der Waals surface area contributed by atoms with Crippen molar-refractivity contribution in [3.63, 3.8) is 0 Å². The van der Waals surface area contributed by atoms with E-state index in [9.17, 15) is 19.5 Å². The summed E-state index contributed by atoms with van der Waals surface area (Å²) >= 11 is 0. The molecule has 0 aromatic heterocycles. The van der Waals surface area contributed by atoms with Gasteiger partial charge in [-0.3, -0.25) is 14.4 Å². The summed E-state index contributed by atoms with van der Waals surface area (Å²) in [6.45, 7) is 9.84. The Morgan fingerprint density at radius 1 is 1.21 bits per heavy atom. The van der Waals surface area contributed by atoms with Gasteiger partial charge in [0.15, 0.2) is 0 Å². The van der Waals surface area contributed by atoms with Gasteiger partial charge in [0.2, 0.25) is 5.91 Å². The molecule has 4 rings (SSSR count). The molecule has 1 spiro atoms. The number of unbranched alkanes of at least 4 members (excludes halogenated alkanes) is 1. The van der Waals surface area contributed by atoms with Gasteiger partial charge >= 0.3 is 5.97 Å². The summed E-state index contributed by atoms with van der Waals surface area (Å²) in [5.74, 6) is -2.07. The average molecular weight is 527 g/mol. The number of carbonyl (C=O) groups excluding carboxylic acids is 3. The van der Waals surface area contributed by atoms with E-state index in [4.69, 9.17) is 14.2 Å². The molecule has 0 aliphatic carbocycles. The van der Waals surface area contributed by atoms with Crippen LogP contribution >= 0.6 is 0 Å². The summed E-state index contributed by atoms with van der Waals surface area (Å²) in [5, 5.41) is 9.54. The first-order valence-electron chi connectivity index (χ1n) is 13.2. The van der Waals surface area contributed by atoms with Gasteiger partial charge in [-0.05, 0) is 63.3 Å². The Bertz CT molecular complexity index is 1070. The Morgan fingerprint density at radius 2 is 1.95 bits per heavy atom. The molecule has 2 unspecified atom stereocenters. The highest BCUT2D eigenvalue weighted by atomic mass is 16.6. The molecule has 0 radical (unpaired) electrons. The summed E-state index contributed by atoms with van der Waals surface area (Å²) in [5.41, 5.74) is -1.43. The number of likely N-dealkylation sites (tertiary alicyclic amines) is 1. The molecule has 9 heteroatoms. The number of nitrogens with zero attached hydrogens (tertiary/aromatic N) is 2. The van der Waals surface area contributed by atoms with Crippen LogP contribution < -0.4 is 9.64 Å². The van der Waals surface area contributed by atoms with Crippen molar-refractivity contribution in [2.45, 2.75) is 56.3 Å². The Morgan fingerprint density at radius 3 is 2.58 bits per heavy atom. The van der Waals surface area contributed by atoms with Crippen molar-refractivity contribution >= 4 is 23.5 Å². The number of hydrogen-bond donors (Lipinski definition) is 1. The molecule has 3 heterocycles. The molecule has 3 fully saturated rings. The van der Waals surface area contributed by atoms with E-state index in [2.05, 4.69) is 13.2 Å². The maximum atomic E-state index is 14.3. The minimum Gasteiger partial charge on any atom is -0.497 e. The van der Waals surface area contributed by atoms with Crippen molar-refractivity contribution in [1.82, 2.24) is 4.90 Å². The predicted octanol–water partition coefficient (Wildman–Crippen LogP) is 2.87.